The number of benzene rings is 1. The molecule has 1 fully saturated rings. The third-order valence-electron chi connectivity index (χ3n) is 4.30. The van der Waals surface area contributed by atoms with Crippen molar-refractivity contribution >= 4 is 17.5 Å². The van der Waals surface area contributed by atoms with Crippen LogP contribution < -0.4 is 20.7 Å². The Labute approximate surface area is 161 Å². The first-order chi connectivity index (χ1) is 13.3. The van der Waals surface area contributed by atoms with Crippen LogP contribution in [0.1, 0.15) is 24.1 Å². The van der Waals surface area contributed by atoms with Crippen molar-refractivity contribution in [2.75, 3.05) is 23.3 Å². The van der Waals surface area contributed by atoms with Gasteiger partial charge in [0.15, 0.2) is 11.7 Å². The zero-order chi connectivity index (χ0) is 20.1. The minimum absolute atomic E-state index is 0.00817. The lowest BCUT2D eigenvalue weighted by Crippen LogP contribution is -2.25. The molecule has 0 radical (unpaired) electrons. The Morgan fingerprint density at radius 2 is 1.93 bits per heavy atom. The highest BCUT2D eigenvalue weighted by Gasteiger charge is 2.32. The van der Waals surface area contributed by atoms with Gasteiger partial charge in [-0.25, -0.2) is 9.98 Å². The standard InChI is InChI=1S/C19H22F3N5O/c1-13-8-9-14(17(25-13)27-10-4-5-11-27)12-24-18(23)26-15-6-2-3-7-16(15)28-19(20,21)22/h2-3,6-9H,4-5,10-12H2,1H3,(H3,23,24,26). The summed E-state index contributed by atoms with van der Waals surface area (Å²) in [5, 5.41) is 2.67. The molecule has 9 heteroatoms. The van der Waals surface area contributed by atoms with E-state index in [0.717, 1.165) is 43.0 Å². The van der Waals surface area contributed by atoms with Gasteiger partial charge in [0.1, 0.15) is 5.82 Å². The molecule has 0 bridgehead atoms. The van der Waals surface area contributed by atoms with Crippen molar-refractivity contribution in [2.45, 2.75) is 32.7 Å². The molecule has 1 aromatic heterocycles. The number of rotatable bonds is 5. The largest absolute Gasteiger partial charge is 0.573 e. The molecule has 1 aromatic carbocycles. The van der Waals surface area contributed by atoms with E-state index < -0.39 is 6.36 Å². The molecule has 0 spiro atoms. The van der Waals surface area contributed by atoms with E-state index in [1.165, 1.54) is 18.2 Å². The second-order valence-corrected chi connectivity index (χ2v) is 6.50. The topological polar surface area (TPSA) is 75.8 Å². The second kappa shape index (κ2) is 8.37. The first-order valence-corrected chi connectivity index (χ1v) is 8.95. The number of nitrogens with two attached hydrogens (primary N) is 1. The molecule has 0 aliphatic carbocycles. The Bertz CT molecular complexity index is 848. The molecule has 0 saturated carbocycles. The van der Waals surface area contributed by atoms with E-state index in [1.54, 1.807) is 6.07 Å². The van der Waals surface area contributed by atoms with Crippen LogP contribution in [0.4, 0.5) is 24.7 Å². The van der Waals surface area contributed by atoms with Gasteiger partial charge in [-0.1, -0.05) is 18.2 Å². The predicted molar refractivity (Wildman–Crippen MR) is 102 cm³/mol. The van der Waals surface area contributed by atoms with E-state index >= 15 is 0 Å². The van der Waals surface area contributed by atoms with Gasteiger partial charge in [-0.3, -0.25) is 0 Å². The molecule has 1 saturated heterocycles. The van der Waals surface area contributed by atoms with Crippen LogP contribution in [-0.2, 0) is 6.54 Å². The van der Waals surface area contributed by atoms with Crippen molar-refractivity contribution in [3.63, 3.8) is 0 Å². The number of ether oxygens (including phenoxy) is 1. The second-order valence-electron chi connectivity index (χ2n) is 6.50. The summed E-state index contributed by atoms with van der Waals surface area (Å²) in [6.45, 7) is 4.09. The molecule has 2 heterocycles. The van der Waals surface area contributed by atoms with Crippen LogP contribution in [-0.4, -0.2) is 30.4 Å². The number of hydrogen-bond donors (Lipinski definition) is 2. The summed E-state index contributed by atoms with van der Waals surface area (Å²) in [6.07, 6.45) is -2.54. The number of hydrogen-bond acceptors (Lipinski definition) is 4. The number of para-hydroxylation sites is 2. The van der Waals surface area contributed by atoms with Crippen molar-refractivity contribution in [1.29, 1.82) is 0 Å². The fraction of sp³-hybridized carbons (Fsp3) is 0.368. The average molecular weight is 393 g/mol. The number of aryl methyl sites for hydroxylation is 1. The Balaban J connectivity index is 1.74. The molecule has 0 amide bonds. The third-order valence-corrected chi connectivity index (χ3v) is 4.30. The smallest absolute Gasteiger partial charge is 0.404 e. The maximum absolute atomic E-state index is 12.5. The molecule has 1 aliphatic heterocycles. The number of nitrogens with one attached hydrogen (secondary N) is 1. The van der Waals surface area contributed by atoms with Gasteiger partial charge in [0.2, 0.25) is 0 Å². The first kappa shape index (κ1) is 19.8. The molecule has 0 unspecified atom stereocenters. The van der Waals surface area contributed by atoms with Gasteiger partial charge in [0, 0.05) is 24.3 Å². The number of pyridine rings is 1. The van der Waals surface area contributed by atoms with Crippen molar-refractivity contribution in [1.82, 2.24) is 4.98 Å². The van der Waals surface area contributed by atoms with Crippen LogP contribution in [0, 0.1) is 6.92 Å². The normalized spacial score (nSPS) is 15.0. The number of aliphatic imine (C=N–C) groups is 1. The first-order valence-electron chi connectivity index (χ1n) is 8.95. The maximum atomic E-state index is 12.5. The van der Waals surface area contributed by atoms with Gasteiger partial charge in [0.05, 0.1) is 12.2 Å². The number of guanidine groups is 1. The number of alkyl halides is 3. The summed E-state index contributed by atoms with van der Waals surface area (Å²) < 4.78 is 41.6. The number of anilines is 2. The lowest BCUT2D eigenvalue weighted by molar-refractivity contribution is -0.274. The fourth-order valence-electron chi connectivity index (χ4n) is 3.03. The summed E-state index contributed by atoms with van der Waals surface area (Å²) in [5.41, 5.74) is 7.80. The Morgan fingerprint density at radius 1 is 1.21 bits per heavy atom. The van der Waals surface area contributed by atoms with Crippen LogP contribution in [0.5, 0.6) is 5.75 Å². The van der Waals surface area contributed by atoms with E-state index in [9.17, 15) is 13.2 Å². The summed E-state index contributed by atoms with van der Waals surface area (Å²) in [6, 6.07) is 9.52. The summed E-state index contributed by atoms with van der Waals surface area (Å²) in [7, 11) is 0. The highest BCUT2D eigenvalue weighted by molar-refractivity contribution is 5.93. The van der Waals surface area contributed by atoms with Crippen molar-refractivity contribution in [3.8, 4) is 5.75 Å². The number of halogens is 3. The molecule has 0 atom stereocenters. The molecule has 6 nitrogen and oxygen atoms in total. The van der Waals surface area contributed by atoms with E-state index in [2.05, 4.69) is 24.9 Å². The zero-order valence-electron chi connectivity index (χ0n) is 15.5. The van der Waals surface area contributed by atoms with E-state index in [-0.39, 0.29) is 23.9 Å². The van der Waals surface area contributed by atoms with E-state index in [4.69, 9.17) is 5.73 Å². The van der Waals surface area contributed by atoms with E-state index in [1.807, 2.05) is 19.1 Å². The highest BCUT2D eigenvalue weighted by Crippen LogP contribution is 2.30. The summed E-state index contributed by atoms with van der Waals surface area (Å²) in [5.74, 6) is 0.504. The maximum Gasteiger partial charge on any atom is 0.573 e. The van der Waals surface area contributed by atoms with Crippen molar-refractivity contribution < 1.29 is 17.9 Å². The predicted octanol–water partition coefficient (Wildman–Crippen LogP) is 3.82. The third kappa shape index (κ3) is 5.28. The van der Waals surface area contributed by atoms with Crippen LogP contribution in [0.25, 0.3) is 0 Å². The molecule has 3 N–H and O–H groups in total. The highest BCUT2D eigenvalue weighted by atomic mass is 19.4. The van der Waals surface area contributed by atoms with Gasteiger partial charge < -0.3 is 20.7 Å². The van der Waals surface area contributed by atoms with Gasteiger partial charge in [0.25, 0.3) is 0 Å². The number of aromatic nitrogens is 1. The molecular formula is C19H22F3N5O. The Hall–Kier alpha value is -2.97. The van der Waals surface area contributed by atoms with E-state index in [0.29, 0.717) is 0 Å². The zero-order valence-corrected chi connectivity index (χ0v) is 15.5. The Morgan fingerprint density at radius 3 is 2.64 bits per heavy atom. The van der Waals surface area contributed by atoms with Crippen molar-refractivity contribution in [3.05, 3.63) is 47.7 Å². The van der Waals surface area contributed by atoms with Crippen molar-refractivity contribution in [2.24, 2.45) is 10.7 Å². The Kier molecular flexibility index (Phi) is 5.91. The lowest BCUT2D eigenvalue weighted by atomic mass is 10.2. The van der Waals surface area contributed by atoms with Gasteiger partial charge >= 0.3 is 6.36 Å². The molecule has 150 valence electrons. The van der Waals surface area contributed by atoms with Crippen LogP contribution in [0.2, 0.25) is 0 Å². The quantitative estimate of drug-likeness (QED) is 0.597. The minimum atomic E-state index is -4.79. The van der Waals surface area contributed by atoms with Crippen LogP contribution >= 0.6 is 0 Å². The lowest BCUT2D eigenvalue weighted by Gasteiger charge is -2.20. The van der Waals surface area contributed by atoms with Gasteiger partial charge in [-0.2, -0.15) is 0 Å². The minimum Gasteiger partial charge on any atom is -0.404 e. The fourth-order valence-corrected chi connectivity index (χ4v) is 3.03. The number of nitrogens with zero attached hydrogens (tertiary/aromatic N) is 3. The average Bonchev–Trinajstić information content (AvgIpc) is 3.15. The summed E-state index contributed by atoms with van der Waals surface area (Å²) in [4.78, 5) is 11.1. The molecule has 3 rings (SSSR count). The van der Waals surface area contributed by atoms with Crippen LogP contribution in [0.15, 0.2) is 41.4 Å². The molecule has 28 heavy (non-hydrogen) atoms. The molecular weight excluding hydrogens is 371 g/mol. The monoisotopic (exact) mass is 393 g/mol. The van der Waals surface area contributed by atoms with Crippen LogP contribution in [0.3, 0.4) is 0 Å². The SMILES string of the molecule is Cc1ccc(CN=C(N)Nc2ccccc2OC(F)(F)F)c(N2CCCC2)n1. The van der Waals surface area contributed by atoms with Gasteiger partial charge in [-0.05, 0) is 38.0 Å². The summed E-state index contributed by atoms with van der Waals surface area (Å²) >= 11 is 0. The molecule has 1 aliphatic rings. The molecule has 2 aromatic rings. The van der Waals surface area contributed by atoms with Gasteiger partial charge in [-0.15, -0.1) is 13.2 Å².